The number of thiocarbonyl (C=S) groups is 1. The zero-order valence-corrected chi connectivity index (χ0v) is 20.3. The minimum atomic E-state index is -4.62. The van der Waals surface area contributed by atoms with Crippen LogP contribution in [0.15, 0.2) is 53.4 Å². The number of ether oxygens (including phenoxy) is 1. The molecule has 1 aliphatic carbocycles. The number of alkyl halides is 3. The Labute approximate surface area is 210 Å². The molecule has 184 valence electrons. The van der Waals surface area contributed by atoms with Gasteiger partial charge >= 0.3 is 6.18 Å². The molecule has 1 aliphatic heterocycles. The van der Waals surface area contributed by atoms with Crippen LogP contribution in [-0.4, -0.2) is 33.7 Å². The molecule has 2 aromatic carbocycles. The highest BCUT2D eigenvalue weighted by atomic mass is 32.2. The average Bonchev–Trinajstić information content (AvgIpc) is 3.08. The van der Waals surface area contributed by atoms with E-state index in [0.29, 0.717) is 4.91 Å². The zero-order chi connectivity index (χ0) is 25.0. The summed E-state index contributed by atoms with van der Waals surface area (Å²) in [5.74, 6) is -0.470. The van der Waals surface area contributed by atoms with Crippen LogP contribution in [0.3, 0.4) is 0 Å². The first kappa shape index (κ1) is 25.2. The fourth-order valence-electron chi connectivity index (χ4n) is 3.98. The maximum Gasteiger partial charge on any atom is 0.418 e. The molecule has 35 heavy (non-hydrogen) atoms. The van der Waals surface area contributed by atoms with E-state index in [1.165, 1.54) is 31.4 Å². The maximum atomic E-state index is 13.2. The number of anilines is 1. The fourth-order valence-corrected chi connectivity index (χ4v) is 5.23. The van der Waals surface area contributed by atoms with E-state index in [2.05, 4.69) is 5.32 Å². The van der Waals surface area contributed by atoms with Crippen LogP contribution in [0.25, 0.3) is 6.08 Å². The van der Waals surface area contributed by atoms with Gasteiger partial charge in [0.05, 0.1) is 22.3 Å². The molecular formula is C25H23F3N2O3S2. The smallest absolute Gasteiger partial charge is 0.418 e. The maximum absolute atomic E-state index is 13.2. The number of hydrogen-bond donors (Lipinski definition) is 1. The largest absolute Gasteiger partial charge is 0.490 e. The number of carbonyl (C=O) groups is 2. The topological polar surface area (TPSA) is 58.6 Å². The Balaban J connectivity index is 1.39. The van der Waals surface area contributed by atoms with Gasteiger partial charge in [-0.05, 0) is 61.6 Å². The van der Waals surface area contributed by atoms with Crippen LogP contribution < -0.4 is 10.1 Å². The summed E-state index contributed by atoms with van der Waals surface area (Å²) in [6.07, 6.45) is 3.00. The lowest BCUT2D eigenvalue weighted by atomic mass is 9.98. The molecule has 5 nitrogen and oxygen atoms in total. The lowest BCUT2D eigenvalue weighted by molar-refractivity contribution is -0.137. The normalized spacial score (nSPS) is 18.3. The van der Waals surface area contributed by atoms with E-state index >= 15 is 0 Å². The Morgan fingerprint density at radius 1 is 1.11 bits per heavy atom. The molecular weight excluding hydrogens is 497 g/mol. The van der Waals surface area contributed by atoms with Gasteiger partial charge in [0.2, 0.25) is 5.91 Å². The molecule has 1 N–H and O–H groups in total. The SMILES string of the molecule is O=C(CN1C(=O)/C(=C/c2ccc(OC3CCCCC3)cc2)SC1=S)Nc1ccccc1C(F)(F)F. The molecule has 1 heterocycles. The summed E-state index contributed by atoms with van der Waals surface area (Å²) < 4.78 is 45.7. The van der Waals surface area contributed by atoms with Crippen molar-refractivity contribution in [3.8, 4) is 5.75 Å². The molecule has 0 spiro atoms. The Morgan fingerprint density at radius 2 is 1.80 bits per heavy atom. The summed E-state index contributed by atoms with van der Waals surface area (Å²) in [4.78, 5) is 26.7. The van der Waals surface area contributed by atoms with Gasteiger partial charge in [-0.2, -0.15) is 13.2 Å². The highest BCUT2D eigenvalue weighted by molar-refractivity contribution is 8.26. The van der Waals surface area contributed by atoms with Gasteiger partial charge < -0.3 is 10.1 Å². The van der Waals surface area contributed by atoms with E-state index in [9.17, 15) is 22.8 Å². The van der Waals surface area contributed by atoms with Crippen molar-refractivity contribution < 1.29 is 27.5 Å². The van der Waals surface area contributed by atoms with Crippen molar-refractivity contribution in [1.82, 2.24) is 4.90 Å². The standard InChI is InChI=1S/C25H23F3N2O3S2/c26-25(27,28)19-8-4-5-9-20(19)29-22(31)15-30-23(32)21(35-24(30)34)14-16-10-12-18(13-11-16)33-17-6-2-1-3-7-17/h4-5,8-14,17H,1-3,6-7,15H2,(H,29,31)/b21-14-. The molecule has 0 radical (unpaired) electrons. The molecule has 2 aromatic rings. The van der Waals surface area contributed by atoms with Gasteiger partial charge in [0.15, 0.2) is 0 Å². The van der Waals surface area contributed by atoms with Gasteiger partial charge in [-0.3, -0.25) is 14.5 Å². The second kappa shape index (κ2) is 10.8. The molecule has 10 heteroatoms. The number of hydrogen-bond acceptors (Lipinski definition) is 5. The van der Waals surface area contributed by atoms with Crippen molar-refractivity contribution in [3.63, 3.8) is 0 Å². The van der Waals surface area contributed by atoms with Crippen molar-refractivity contribution in [2.45, 2.75) is 44.4 Å². The summed E-state index contributed by atoms with van der Waals surface area (Å²) in [7, 11) is 0. The van der Waals surface area contributed by atoms with Crippen LogP contribution in [0.5, 0.6) is 5.75 Å². The van der Waals surface area contributed by atoms with Crippen LogP contribution in [0.1, 0.15) is 43.2 Å². The van der Waals surface area contributed by atoms with Crippen molar-refractivity contribution in [3.05, 3.63) is 64.6 Å². The molecule has 2 aliphatic rings. The molecule has 1 saturated carbocycles. The van der Waals surface area contributed by atoms with Crippen LogP contribution >= 0.6 is 24.0 Å². The number of carbonyl (C=O) groups excluding carboxylic acids is 2. The van der Waals surface area contributed by atoms with Crippen LogP contribution in [0, 0.1) is 0 Å². The number of para-hydroxylation sites is 1. The number of amides is 2. The molecule has 4 rings (SSSR count). The molecule has 0 aromatic heterocycles. The van der Waals surface area contributed by atoms with Crippen molar-refractivity contribution in [2.24, 2.45) is 0 Å². The third-order valence-corrected chi connectivity index (χ3v) is 7.09. The second-order valence-corrected chi connectivity index (χ2v) is 9.98. The number of thioether (sulfide) groups is 1. The number of nitrogens with one attached hydrogen (secondary N) is 1. The summed E-state index contributed by atoms with van der Waals surface area (Å²) >= 11 is 6.28. The van der Waals surface area contributed by atoms with Gasteiger partial charge in [-0.25, -0.2) is 0 Å². The van der Waals surface area contributed by atoms with Crippen molar-refractivity contribution >= 4 is 51.9 Å². The number of rotatable bonds is 6. The monoisotopic (exact) mass is 520 g/mol. The van der Waals surface area contributed by atoms with E-state index in [-0.39, 0.29) is 16.1 Å². The third-order valence-electron chi connectivity index (χ3n) is 5.71. The Morgan fingerprint density at radius 3 is 2.49 bits per heavy atom. The number of halogens is 3. The summed E-state index contributed by atoms with van der Waals surface area (Å²) in [5, 5.41) is 2.23. The van der Waals surface area contributed by atoms with E-state index in [0.717, 1.165) is 52.9 Å². The number of benzene rings is 2. The minimum Gasteiger partial charge on any atom is -0.490 e. The first-order valence-corrected chi connectivity index (χ1v) is 12.4. The lowest BCUT2D eigenvalue weighted by Gasteiger charge is -2.22. The molecule has 2 fully saturated rings. The molecule has 0 bridgehead atoms. The molecule has 0 unspecified atom stereocenters. The lowest BCUT2D eigenvalue weighted by Crippen LogP contribution is -2.36. The van der Waals surface area contributed by atoms with Gasteiger partial charge in [-0.1, -0.05) is 54.7 Å². The highest BCUT2D eigenvalue weighted by Gasteiger charge is 2.35. The predicted octanol–water partition coefficient (Wildman–Crippen LogP) is 6.26. The van der Waals surface area contributed by atoms with E-state index in [1.807, 2.05) is 24.3 Å². The van der Waals surface area contributed by atoms with Crippen LogP contribution in [0.2, 0.25) is 0 Å². The molecule has 1 saturated heterocycles. The highest BCUT2D eigenvalue weighted by Crippen LogP contribution is 2.35. The van der Waals surface area contributed by atoms with Crippen molar-refractivity contribution in [2.75, 3.05) is 11.9 Å². The minimum absolute atomic E-state index is 0.165. The summed E-state index contributed by atoms with van der Waals surface area (Å²) in [6, 6.07) is 12.0. The van der Waals surface area contributed by atoms with Gasteiger partial charge in [0.25, 0.3) is 5.91 Å². The first-order valence-electron chi connectivity index (χ1n) is 11.2. The number of nitrogens with zero attached hydrogens (tertiary/aromatic N) is 1. The first-order chi connectivity index (χ1) is 16.7. The second-order valence-electron chi connectivity index (χ2n) is 8.31. The Bertz CT molecular complexity index is 1140. The van der Waals surface area contributed by atoms with Crippen molar-refractivity contribution in [1.29, 1.82) is 0 Å². The van der Waals surface area contributed by atoms with Crippen LogP contribution in [0.4, 0.5) is 18.9 Å². The predicted molar refractivity (Wildman–Crippen MR) is 134 cm³/mol. The fraction of sp³-hybridized carbons (Fsp3) is 0.320. The Hall–Kier alpha value is -2.85. The average molecular weight is 521 g/mol. The van der Waals surface area contributed by atoms with E-state index in [1.54, 1.807) is 6.08 Å². The summed E-state index contributed by atoms with van der Waals surface area (Å²) in [5.41, 5.74) is -0.568. The summed E-state index contributed by atoms with van der Waals surface area (Å²) in [6.45, 7) is -0.484. The molecule has 0 atom stereocenters. The van der Waals surface area contributed by atoms with Gasteiger partial charge in [0.1, 0.15) is 16.6 Å². The third kappa shape index (κ3) is 6.43. The van der Waals surface area contributed by atoms with E-state index < -0.39 is 30.1 Å². The van der Waals surface area contributed by atoms with E-state index in [4.69, 9.17) is 17.0 Å². The van der Waals surface area contributed by atoms with Gasteiger partial charge in [0, 0.05) is 0 Å². The van der Waals surface area contributed by atoms with Crippen LogP contribution in [-0.2, 0) is 15.8 Å². The Kier molecular flexibility index (Phi) is 7.81. The van der Waals surface area contributed by atoms with Gasteiger partial charge in [-0.15, -0.1) is 0 Å². The quantitative estimate of drug-likeness (QED) is 0.360. The molecule has 2 amide bonds. The zero-order valence-electron chi connectivity index (χ0n) is 18.6.